The molecule has 0 spiro atoms. The average Bonchev–Trinajstić information content (AvgIpc) is 2.91. The Hall–Kier alpha value is -3.57. The van der Waals surface area contributed by atoms with Gasteiger partial charge < -0.3 is 15.5 Å². The Morgan fingerprint density at radius 1 is 1.33 bits per heavy atom. The van der Waals surface area contributed by atoms with E-state index in [9.17, 15) is 32.7 Å². The lowest BCUT2D eigenvalue weighted by Gasteiger charge is -2.11. The van der Waals surface area contributed by atoms with Gasteiger partial charge in [0.15, 0.2) is 17.0 Å². The molecule has 0 bridgehead atoms. The van der Waals surface area contributed by atoms with Gasteiger partial charge in [-0.3, -0.25) is 19.5 Å². The Balaban J connectivity index is 2.28. The van der Waals surface area contributed by atoms with Gasteiger partial charge in [0.1, 0.15) is 6.54 Å². The number of H-pyrrole nitrogens is 1. The summed E-state index contributed by atoms with van der Waals surface area (Å²) in [6, 6.07) is 1.89. The maximum Gasteiger partial charge on any atom is 0.416 e. The number of nitrogens with one attached hydrogen (secondary N) is 2. The summed E-state index contributed by atoms with van der Waals surface area (Å²) in [5.41, 5.74) is -3.50. The number of aromatic amines is 1. The van der Waals surface area contributed by atoms with Crippen molar-refractivity contribution in [2.24, 2.45) is 0 Å². The second kappa shape index (κ2) is 6.00. The van der Waals surface area contributed by atoms with Crippen LogP contribution in [0.25, 0.3) is 16.7 Å². The summed E-state index contributed by atoms with van der Waals surface area (Å²) in [6.07, 6.45) is -4.64. The van der Waals surface area contributed by atoms with E-state index in [1.54, 1.807) is 0 Å². The number of carbonyl (C=O) groups is 2. The number of aromatic nitrogens is 3. The molecule has 12 heteroatoms. The molecule has 0 aliphatic rings. The Kier molecular flexibility index (Phi) is 4.05. The smallest absolute Gasteiger partial charge is 0.416 e. The molecule has 0 unspecified atom stereocenters. The maximum atomic E-state index is 13.1. The van der Waals surface area contributed by atoms with Crippen LogP contribution in [0.1, 0.15) is 21.5 Å². The number of nitrogens with zero attached hydrogens (tertiary/aromatic N) is 2. The summed E-state index contributed by atoms with van der Waals surface area (Å²) in [5, 5.41) is 22.9. The van der Waals surface area contributed by atoms with Crippen molar-refractivity contribution in [1.29, 1.82) is 0 Å². The van der Waals surface area contributed by atoms with Gasteiger partial charge in [-0.2, -0.15) is 13.2 Å². The molecule has 0 radical (unpaired) electrons. The summed E-state index contributed by atoms with van der Waals surface area (Å²) < 4.78 is 40.2. The first-order valence-corrected chi connectivity index (χ1v) is 7.36. The van der Waals surface area contributed by atoms with Gasteiger partial charge in [-0.15, -0.1) is 0 Å². The monoisotopic (exact) mass is 384 g/mol. The van der Waals surface area contributed by atoms with Crippen molar-refractivity contribution in [2.45, 2.75) is 13.1 Å². The molecule has 3 aromatic rings. The minimum atomic E-state index is -4.64. The summed E-state index contributed by atoms with van der Waals surface area (Å²) in [6.45, 7) is 0.384. The van der Waals surface area contributed by atoms with Crippen molar-refractivity contribution in [1.82, 2.24) is 19.9 Å². The van der Waals surface area contributed by atoms with E-state index >= 15 is 0 Å². The second-order valence-electron chi connectivity index (χ2n) is 5.62. The Bertz CT molecular complexity index is 1160. The van der Waals surface area contributed by atoms with E-state index in [0.29, 0.717) is 0 Å². The van der Waals surface area contributed by atoms with Crippen LogP contribution in [-0.4, -0.2) is 43.2 Å². The Labute approximate surface area is 147 Å². The number of fused-ring (bicyclic) bond motifs is 3. The minimum Gasteiger partial charge on any atom is -0.504 e. The molecule has 27 heavy (non-hydrogen) atoms. The molecule has 4 N–H and O–H groups in total. The predicted molar refractivity (Wildman–Crippen MR) is 84.7 cm³/mol. The van der Waals surface area contributed by atoms with E-state index in [2.05, 4.69) is 10.1 Å². The number of aryl methyl sites for hydroxylation is 1. The fraction of sp³-hybridized carbons (Fsp3) is 0.200. The largest absolute Gasteiger partial charge is 0.504 e. The molecule has 142 valence electrons. The number of hydrogen-bond donors (Lipinski definition) is 4. The number of alkyl halides is 3. The zero-order valence-corrected chi connectivity index (χ0v) is 13.5. The molecule has 0 atom stereocenters. The third kappa shape index (κ3) is 2.94. The number of rotatable bonds is 3. The van der Waals surface area contributed by atoms with Crippen LogP contribution in [-0.2, 0) is 11.0 Å². The molecular weight excluding hydrogens is 373 g/mol. The number of aliphatic carboxylic acids is 1. The van der Waals surface area contributed by atoms with Crippen LogP contribution in [0.15, 0.2) is 16.9 Å². The third-order valence-electron chi connectivity index (χ3n) is 3.89. The second-order valence-corrected chi connectivity index (χ2v) is 5.62. The zero-order valence-electron chi connectivity index (χ0n) is 13.5. The van der Waals surface area contributed by atoms with Crippen LogP contribution in [0.2, 0.25) is 0 Å². The van der Waals surface area contributed by atoms with E-state index in [1.807, 2.05) is 5.32 Å². The number of amides is 1. The highest BCUT2D eigenvalue weighted by Crippen LogP contribution is 2.35. The highest BCUT2D eigenvalue weighted by atomic mass is 19.4. The number of imidazole rings is 1. The number of carboxylic acid groups (broad SMARTS) is 1. The molecule has 0 aliphatic carbocycles. The normalized spacial score (nSPS) is 11.9. The first-order valence-electron chi connectivity index (χ1n) is 7.36. The molecule has 0 saturated heterocycles. The number of benzene rings is 1. The third-order valence-corrected chi connectivity index (χ3v) is 3.89. The standard InChI is InChI=1S/C15H11F3N4O5/c1-5-6(15(16,17)18)2-3-7-10(5)22-12(20-7)11(25)9(14(27)21-22)13(26)19-4-8(23)24/h2-3,25H,4H2,1H3,(H,19,26)(H,21,27)(H,23,24). The number of carboxylic acids is 1. The van der Waals surface area contributed by atoms with Crippen molar-refractivity contribution in [2.75, 3.05) is 6.54 Å². The van der Waals surface area contributed by atoms with Gasteiger partial charge in [0.25, 0.3) is 11.5 Å². The van der Waals surface area contributed by atoms with E-state index in [0.717, 1.165) is 16.6 Å². The van der Waals surface area contributed by atoms with Crippen LogP contribution in [0.4, 0.5) is 13.2 Å². The lowest BCUT2D eigenvalue weighted by molar-refractivity contribution is -0.138. The molecule has 2 heterocycles. The van der Waals surface area contributed by atoms with E-state index in [1.165, 1.54) is 6.92 Å². The van der Waals surface area contributed by atoms with Crippen LogP contribution in [0, 0.1) is 6.92 Å². The Morgan fingerprint density at radius 3 is 2.59 bits per heavy atom. The quantitative estimate of drug-likeness (QED) is 0.532. The van der Waals surface area contributed by atoms with Crippen molar-refractivity contribution >= 4 is 28.6 Å². The molecule has 1 amide bonds. The molecule has 3 rings (SSSR count). The first-order chi connectivity index (χ1) is 12.5. The highest BCUT2D eigenvalue weighted by Gasteiger charge is 2.34. The lowest BCUT2D eigenvalue weighted by atomic mass is 10.1. The number of hydrogen-bond acceptors (Lipinski definition) is 5. The summed E-state index contributed by atoms with van der Waals surface area (Å²) in [4.78, 5) is 38.6. The van der Waals surface area contributed by atoms with Crippen LogP contribution in [0.3, 0.4) is 0 Å². The molecule has 0 aliphatic heterocycles. The van der Waals surface area contributed by atoms with Gasteiger partial charge in [-0.25, -0.2) is 9.50 Å². The lowest BCUT2D eigenvalue weighted by Crippen LogP contribution is -2.34. The topological polar surface area (TPSA) is 137 Å². The van der Waals surface area contributed by atoms with Gasteiger partial charge in [-0.1, -0.05) is 0 Å². The Morgan fingerprint density at radius 2 is 2.00 bits per heavy atom. The summed E-state index contributed by atoms with van der Waals surface area (Å²) in [5.74, 6) is -3.42. The van der Waals surface area contributed by atoms with Crippen molar-refractivity contribution < 1.29 is 33.0 Å². The molecule has 0 fully saturated rings. The van der Waals surface area contributed by atoms with Crippen molar-refractivity contribution in [3.05, 3.63) is 39.2 Å². The van der Waals surface area contributed by atoms with Crippen molar-refractivity contribution in [3.8, 4) is 5.75 Å². The SMILES string of the molecule is Cc1c(C(F)(F)F)ccc2nc3c(O)c(C(=O)NCC(=O)O)c(=O)[nH]n3c12. The highest BCUT2D eigenvalue weighted by molar-refractivity contribution is 6.00. The number of carbonyl (C=O) groups excluding carboxylic acids is 1. The van der Waals surface area contributed by atoms with E-state index in [-0.39, 0.29) is 22.2 Å². The van der Waals surface area contributed by atoms with E-state index in [4.69, 9.17) is 5.11 Å². The first kappa shape index (κ1) is 18.2. The molecule has 1 aromatic carbocycles. The minimum absolute atomic E-state index is 0.0505. The summed E-state index contributed by atoms with van der Waals surface area (Å²) >= 11 is 0. The van der Waals surface area contributed by atoms with Gasteiger partial charge in [0.05, 0.1) is 16.6 Å². The molecule has 0 saturated carbocycles. The van der Waals surface area contributed by atoms with Gasteiger partial charge >= 0.3 is 12.1 Å². The molecular formula is C15H11F3N4O5. The van der Waals surface area contributed by atoms with E-state index < -0.39 is 47.0 Å². The zero-order chi connectivity index (χ0) is 20.1. The fourth-order valence-electron chi connectivity index (χ4n) is 2.73. The maximum absolute atomic E-state index is 13.1. The van der Waals surface area contributed by atoms with Crippen LogP contribution < -0.4 is 10.9 Å². The van der Waals surface area contributed by atoms with Gasteiger partial charge in [-0.05, 0) is 24.6 Å². The molecule has 9 nitrogen and oxygen atoms in total. The van der Waals surface area contributed by atoms with Crippen LogP contribution in [0.5, 0.6) is 5.75 Å². The number of aromatic hydroxyl groups is 1. The molecule has 2 aromatic heterocycles. The van der Waals surface area contributed by atoms with Crippen LogP contribution >= 0.6 is 0 Å². The van der Waals surface area contributed by atoms with Crippen molar-refractivity contribution in [3.63, 3.8) is 0 Å². The fourth-order valence-corrected chi connectivity index (χ4v) is 2.73. The van der Waals surface area contributed by atoms with Gasteiger partial charge in [0, 0.05) is 0 Å². The van der Waals surface area contributed by atoms with Gasteiger partial charge in [0.2, 0.25) is 0 Å². The summed E-state index contributed by atoms with van der Waals surface area (Å²) in [7, 11) is 0. The average molecular weight is 384 g/mol. The number of halogens is 3. The predicted octanol–water partition coefficient (Wildman–Crippen LogP) is 1.02.